The van der Waals surface area contributed by atoms with Crippen LogP contribution in [0.25, 0.3) is 22.0 Å². The van der Waals surface area contributed by atoms with Crippen LogP contribution in [0.3, 0.4) is 0 Å². The Labute approximate surface area is 180 Å². The fourth-order valence-corrected chi connectivity index (χ4v) is 3.60. The van der Waals surface area contributed by atoms with E-state index < -0.39 is 0 Å². The van der Waals surface area contributed by atoms with Gasteiger partial charge in [-0.1, -0.05) is 12.1 Å². The zero-order valence-electron chi connectivity index (χ0n) is 17.4. The number of imidazole rings is 1. The second-order valence-corrected chi connectivity index (χ2v) is 7.61. The average Bonchev–Trinajstić information content (AvgIpc) is 3.43. The van der Waals surface area contributed by atoms with Crippen LogP contribution in [0.1, 0.15) is 19.3 Å². The van der Waals surface area contributed by atoms with Crippen molar-refractivity contribution in [3.05, 3.63) is 49.2 Å². The first-order valence-corrected chi connectivity index (χ1v) is 10.5. The third-order valence-electron chi connectivity index (χ3n) is 5.36. The number of benzene rings is 1. The molecule has 3 aromatic heterocycles. The average molecular weight is 419 g/mol. The van der Waals surface area contributed by atoms with Gasteiger partial charge in [-0.25, -0.2) is 15.0 Å². The van der Waals surface area contributed by atoms with Gasteiger partial charge in [-0.05, 0) is 30.9 Å². The fourth-order valence-electron chi connectivity index (χ4n) is 3.60. The molecule has 0 radical (unpaired) electrons. The molecule has 1 atom stereocenters. The third-order valence-corrected chi connectivity index (χ3v) is 5.36. The number of anilines is 2. The predicted octanol–water partition coefficient (Wildman–Crippen LogP) is 3.51. The van der Waals surface area contributed by atoms with Crippen LogP contribution in [-0.4, -0.2) is 48.8 Å². The molecule has 4 aromatic rings. The molecule has 9 heteroatoms. The summed E-state index contributed by atoms with van der Waals surface area (Å²) in [5.74, 6) is 1.20. The van der Waals surface area contributed by atoms with Crippen LogP contribution in [0.5, 0.6) is 0 Å². The largest absolute Gasteiger partial charge is 0.353 e. The van der Waals surface area contributed by atoms with Gasteiger partial charge in [-0.2, -0.15) is 5.10 Å². The lowest BCUT2D eigenvalue weighted by molar-refractivity contribution is -0.163. The molecule has 9 nitrogen and oxygen atoms in total. The van der Waals surface area contributed by atoms with Crippen molar-refractivity contribution in [3.8, 4) is 11.1 Å². The summed E-state index contributed by atoms with van der Waals surface area (Å²) < 4.78 is 15.2. The molecule has 4 heterocycles. The van der Waals surface area contributed by atoms with Gasteiger partial charge in [0, 0.05) is 49.4 Å². The van der Waals surface area contributed by atoms with E-state index in [0.717, 1.165) is 41.5 Å². The smallest absolute Gasteiger partial charge is 0.230 e. The first-order chi connectivity index (χ1) is 15.2. The highest BCUT2D eigenvalue weighted by Crippen LogP contribution is 2.24. The quantitative estimate of drug-likeness (QED) is 0.490. The minimum Gasteiger partial charge on any atom is -0.353 e. The number of aryl methyl sites for hydroxylation is 1. The van der Waals surface area contributed by atoms with Crippen molar-refractivity contribution in [1.29, 1.82) is 0 Å². The summed E-state index contributed by atoms with van der Waals surface area (Å²) in [5, 5.41) is 8.59. The normalized spacial score (nSPS) is 16.6. The SMILES string of the molecule is Cn1ccnc1Nc1ncc2ccc(-c3cnn(CCOC4CCCCO4)c3)cc2n1. The highest BCUT2D eigenvalue weighted by atomic mass is 16.7. The van der Waals surface area contributed by atoms with E-state index >= 15 is 0 Å². The van der Waals surface area contributed by atoms with E-state index in [1.54, 1.807) is 6.20 Å². The number of nitrogens with one attached hydrogen (secondary N) is 1. The maximum atomic E-state index is 5.81. The van der Waals surface area contributed by atoms with Crippen molar-refractivity contribution in [2.24, 2.45) is 7.05 Å². The van der Waals surface area contributed by atoms with E-state index in [4.69, 9.17) is 9.47 Å². The Hall–Kier alpha value is -3.30. The van der Waals surface area contributed by atoms with E-state index in [2.05, 4.69) is 31.4 Å². The summed E-state index contributed by atoms with van der Waals surface area (Å²) in [6, 6.07) is 6.13. The van der Waals surface area contributed by atoms with Crippen molar-refractivity contribution < 1.29 is 9.47 Å². The van der Waals surface area contributed by atoms with Gasteiger partial charge in [0.15, 0.2) is 6.29 Å². The number of hydrogen-bond acceptors (Lipinski definition) is 7. The second kappa shape index (κ2) is 8.83. The van der Waals surface area contributed by atoms with Crippen LogP contribution < -0.4 is 5.32 Å². The number of rotatable bonds is 7. The van der Waals surface area contributed by atoms with Gasteiger partial charge in [0.1, 0.15) is 0 Å². The highest BCUT2D eigenvalue weighted by Gasteiger charge is 2.14. The molecule has 1 saturated heterocycles. The van der Waals surface area contributed by atoms with E-state index in [0.29, 0.717) is 25.0 Å². The highest BCUT2D eigenvalue weighted by molar-refractivity contribution is 5.84. The maximum absolute atomic E-state index is 5.81. The Morgan fingerprint density at radius 1 is 1.19 bits per heavy atom. The molecule has 0 saturated carbocycles. The first-order valence-electron chi connectivity index (χ1n) is 10.5. The molecule has 0 aliphatic carbocycles. The Morgan fingerprint density at radius 2 is 2.16 bits per heavy atom. The lowest BCUT2D eigenvalue weighted by Crippen LogP contribution is -2.24. The maximum Gasteiger partial charge on any atom is 0.230 e. The first kappa shape index (κ1) is 19.7. The Balaban J connectivity index is 1.27. The van der Waals surface area contributed by atoms with Gasteiger partial charge in [0.05, 0.1) is 24.9 Å². The molecule has 1 aliphatic heterocycles. The fraction of sp³-hybridized carbons (Fsp3) is 0.364. The van der Waals surface area contributed by atoms with E-state index in [9.17, 15) is 0 Å². The number of nitrogens with zero attached hydrogens (tertiary/aromatic N) is 6. The molecule has 1 aliphatic rings. The van der Waals surface area contributed by atoms with Crippen LogP contribution in [0.4, 0.5) is 11.9 Å². The van der Waals surface area contributed by atoms with Gasteiger partial charge >= 0.3 is 0 Å². The minimum atomic E-state index is -0.0717. The number of hydrogen-bond donors (Lipinski definition) is 1. The molecule has 0 bridgehead atoms. The topological polar surface area (TPSA) is 91.9 Å². The van der Waals surface area contributed by atoms with Crippen LogP contribution in [-0.2, 0) is 23.1 Å². The van der Waals surface area contributed by atoms with Crippen LogP contribution in [0.15, 0.2) is 49.2 Å². The standard InChI is InChI=1S/C22H25N7O2/c1-28-8-7-23-22(28)27-21-24-13-17-6-5-16(12-19(17)26-21)18-14-25-29(15-18)9-11-31-20-4-2-3-10-30-20/h5-8,12-15,20H,2-4,9-11H2,1H3,(H,23,24,26,27). The van der Waals surface area contributed by atoms with Crippen molar-refractivity contribution >= 4 is 22.8 Å². The molecular weight excluding hydrogens is 394 g/mol. The summed E-state index contributed by atoms with van der Waals surface area (Å²) in [4.78, 5) is 13.3. The van der Waals surface area contributed by atoms with Crippen LogP contribution in [0.2, 0.25) is 0 Å². The summed E-state index contributed by atoms with van der Waals surface area (Å²) in [6.07, 6.45) is 12.5. The van der Waals surface area contributed by atoms with Gasteiger partial charge in [0.2, 0.25) is 11.9 Å². The lowest BCUT2D eigenvalue weighted by atomic mass is 10.1. The molecule has 160 valence electrons. The molecule has 1 N–H and O–H groups in total. The second-order valence-electron chi connectivity index (χ2n) is 7.61. The molecule has 0 amide bonds. The van der Waals surface area contributed by atoms with Crippen molar-refractivity contribution in [3.63, 3.8) is 0 Å². The van der Waals surface area contributed by atoms with Crippen LogP contribution >= 0.6 is 0 Å². The molecule has 5 rings (SSSR count). The number of ether oxygens (including phenoxy) is 2. The lowest BCUT2D eigenvalue weighted by Gasteiger charge is -2.22. The van der Waals surface area contributed by atoms with E-state index in [1.807, 2.05) is 53.2 Å². The Bertz CT molecular complexity index is 1160. The molecule has 31 heavy (non-hydrogen) atoms. The van der Waals surface area contributed by atoms with Gasteiger partial charge in [0.25, 0.3) is 0 Å². The van der Waals surface area contributed by atoms with Gasteiger partial charge in [-0.3, -0.25) is 10.00 Å². The molecule has 1 unspecified atom stereocenters. The molecule has 1 fully saturated rings. The molecule has 0 spiro atoms. The summed E-state index contributed by atoms with van der Waals surface area (Å²) in [7, 11) is 1.92. The Kier molecular flexibility index (Phi) is 5.59. The number of fused-ring (bicyclic) bond motifs is 1. The summed E-state index contributed by atoms with van der Waals surface area (Å²) >= 11 is 0. The molecule has 1 aromatic carbocycles. The minimum absolute atomic E-state index is 0.0717. The monoisotopic (exact) mass is 419 g/mol. The van der Waals surface area contributed by atoms with Crippen molar-refractivity contribution in [1.82, 2.24) is 29.3 Å². The van der Waals surface area contributed by atoms with E-state index in [-0.39, 0.29) is 6.29 Å². The summed E-state index contributed by atoms with van der Waals surface area (Å²) in [6.45, 7) is 2.06. The summed E-state index contributed by atoms with van der Waals surface area (Å²) in [5.41, 5.74) is 2.94. The third kappa shape index (κ3) is 4.57. The van der Waals surface area contributed by atoms with E-state index in [1.165, 1.54) is 6.42 Å². The number of aromatic nitrogens is 6. The zero-order valence-corrected chi connectivity index (χ0v) is 17.4. The Morgan fingerprint density at radius 3 is 3.00 bits per heavy atom. The molecular formula is C22H25N7O2. The van der Waals surface area contributed by atoms with Crippen molar-refractivity contribution in [2.75, 3.05) is 18.5 Å². The zero-order chi connectivity index (χ0) is 21.0. The van der Waals surface area contributed by atoms with Crippen LogP contribution in [0, 0.1) is 0 Å². The van der Waals surface area contributed by atoms with Gasteiger partial charge in [-0.15, -0.1) is 0 Å². The predicted molar refractivity (Wildman–Crippen MR) is 117 cm³/mol. The van der Waals surface area contributed by atoms with Crippen molar-refractivity contribution in [2.45, 2.75) is 32.1 Å². The van der Waals surface area contributed by atoms with Gasteiger partial charge < -0.3 is 14.0 Å².